The van der Waals surface area contributed by atoms with Crippen LogP contribution in [0.5, 0.6) is 0 Å². The molecule has 2 amide bonds. The minimum absolute atomic E-state index is 0.238. The predicted octanol–water partition coefficient (Wildman–Crippen LogP) is 2.54. The zero-order chi connectivity index (χ0) is 15.5. The normalized spacial score (nSPS) is 26.9. The molecule has 1 aromatic rings. The van der Waals surface area contributed by atoms with Gasteiger partial charge in [0, 0.05) is 11.6 Å². The average molecular weight is 311 g/mol. The summed E-state index contributed by atoms with van der Waals surface area (Å²) in [5.41, 5.74) is -1.14. The van der Waals surface area contributed by atoms with Crippen molar-refractivity contribution in [3.63, 3.8) is 0 Å². The van der Waals surface area contributed by atoms with E-state index >= 15 is 0 Å². The summed E-state index contributed by atoms with van der Waals surface area (Å²) in [5, 5.41) is 17.6. The van der Waals surface area contributed by atoms with Crippen molar-refractivity contribution in [2.45, 2.75) is 51.1 Å². The molecule has 1 aliphatic rings. The van der Waals surface area contributed by atoms with E-state index in [1.807, 2.05) is 12.3 Å². The number of amides is 2. The van der Waals surface area contributed by atoms with Gasteiger partial charge < -0.3 is 15.7 Å². The average Bonchev–Trinajstić information content (AvgIpc) is 2.95. The number of nitrogens with zero attached hydrogens (tertiary/aromatic N) is 1. The Balaban J connectivity index is 1.97. The highest BCUT2D eigenvalue weighted by atomic mass is 32.1. The van der Waals surface area contributed by atoms with Gasteiger partial charge in [0.05, 0.1) is 6.04 Å². The van der Waals surface area contributed by atoms with Gasteiger partial charge in [-0.15, -0.1) is 11.3 Å². The van der Waals surface area contributed by atoms with Crippen LogP contribution in [0.1, 0.15) is 50.6 Å². The number of carbonyl (C=O) groups excluding carboxylic acids is 1. The van der Waals surface area contributed by atoms with Crippen LogP contribution in [-0.4, -0.2) is 27.6 Å². The molecule has 0 saturated heterocycles. The van der Waals surface area contributed by atoms with Crippen molar-refractivity contribution in [2.24, 2.45) is 5.92 Å². The summed E-state index contributed by atoms with van der Waals surface area (Å²) in [7, 11) is 0. The number of urea groups is 1. The monoisotopic (exact) mass is 311 g/mol. The maximum Gasteiger partial charge on any atom is 0.329 e. The van der Waals surface area contributed by atoms with Crippen molar-refractivity contribution in [2.75, 3.05) is 0 Å². The molecule has 116 valence electrons. The van der Waals surface area contributed by atoms with E-state index in [4.69, 9.17) is 0 Å². The van der Waals surface area contributed by atoms with Crippen molar-refractivity contribution in [3.8, 4) is 0 Å². The number of aromatic nitrogens is 1. The summed E-state index contributed by atoms with van der Waals surface area (Å²) in [6, 6.07) is -0.687. The van der Waals surface area contributed by atoms with Crippen LogP contribution >= 0.6 is 11.3 Å². The molecular formula is C14H21N3O3S. The number of carboxylic acids is 1. The molecule has 1 unspecified atom stereocenters. The van der Waals surface area contributed by atoms with Crippen LogP contribution < -0.4 is 10.6 Å². The van der Waals surface area contributed by atoms with Gasteiger partial charge in [0.2, 0.25) is 0 Å². The first-order valence-electron chi connectivity index (χ1n) is 7.14. The Morgan fingerprint density at radius 3 is 2.67 bits per heavy atom. The number of rotatable bonds is 4. The Morgan fingerprint density at radius 2 is 2.14 bits per heavy atom. The van der Waals surface area contributed by atoms with Crippen molar-refractivity contribution in [1.82, 2.24) is 15.6 Å². The van der Waals surface area contributed by atoms with Crippen molar-refractivity contribution >= 4 is 23.3 Å². The van der Waals surface area contributed by atoms with Gasteiger partial charge in [-0.2, -0.15) is 0 Å². The van der Waals surface area contributed by atoms with Crippen LogP contribution in [0.2, 0.25) is 0 Å². The number of aliphatic carboxylic acids is 1. The number of carbonyl (C=O) groups is 2. The van der Waals surface area contributed by atoms with Gasteiger partial charge in [0.25, 0.3) is 0 Å². The maximum atomic E-state index is 12.1. The van der Waals surface area contributed by atoms with Gasteiger partial charge in [-0.3, -0.25) is 0 Å². The molecule has 0 aromatic carbocycles. The van der Waals surface area contributed by atoms with E-state index in [0.717, 1.165) is 17.8 Å². The third-order valence-corrected chi connectivity index (χ3v) is 5.02. The molecule has 1 heterocycles. The van der Waals surface area contributed by atoms with Crippen LogP contribution in [0.25, 0.3) is 0 Å². The summed E-state index contributed by atoms with van der Waals surface area (Å²) >= 11 is 1.45. The minimum atomic E-state index is -1.14. The highest BCUT2D eigenvalue weighted by Crippen LogP contribution is 2.32. The number of thiazole rings is 1. The fraction of sp³-hybridized carbons (Fsp3) is 0.643. The highest BCUT2D eigenvalue weighted by molar-refractivity contribution is 7.09. The van der Waals surface area contributed by atoms with E-state index in [1.165, 1.54) is 11.3 Å². The number of hydrogen-bond acceptors (Lipinski definition) is 4. The van der Waals surface area contributed by atoms with Gasteiger partial charge >= 0.3 is 12.0 Å². The van der Waals surface area contributed by atoms with Gasteiger partial charge in [-0.25, -0.2) is 14.6 Å². The highest BCUT2D eigenvalue weighted by Gasteiger charge is 2.42. The zero-order valence-electron chi connectivity index (χ0n) is 12.3. The topological polar surface area (TPSA) is 91.3 Å². The van der Waals surface area contributed by atoms with Gasteiger partial charge in [-0.05, 0) is 38.5 Å². The van der Waals surface area contributed by atoms with Crippen LogP contribution in [0.3, 0.4) is 0 Å². The first kappa shape index (κ1) is 15.8. The van der Waals surface area contributed by atoms with E-state index < -0.39 is 17.5 Å². The molecule has 1 atom stereocenters. The molecule has 1 aliphatic carbocycles. The first-order chi connectivity index (χ1) is 9.93. The lowest BCUT2D eigenvalue weighted by atomic mass is 9.77. The lowest BCUT2D eigenvalue weighted by Crippen LogP contribution is -2.58. The quantitative estimate of drug-likeness (QED) is 0.797. The van der Waals surface area contributed by atoms with Crippen LogP contribution in [0.4, 0.5) is 4.79 Å². The Labute approximate surface area is 128 Å². The molecule has 3 N–H and O–H groups in total. The smallest absolute Gasteiger partial charge is 0.329 e. The summed E-state index contributed by atoms with van der Waals surface area (Å²) in [6.07, 6.45) is 4.26. The van der Waals surface area contributed by atoms with Gasteiger partial charge in [0.15, 0.2) is 0 Å². The van der Waals surface area contributed by atoms with E-state index in [-0.39, 0.29) is 6.04 Å². The molecule has 21 heavy (non-hydrogen) atoms. The molecule has 1 saturated carbocycles. The van der Waals surface area contributed by atoms with E-state index in [1.54, 1.807) is 6.20 Å². The predicted molar refractivity (Wildman–Crippen MR) is 80.2 cm³/mol. The standard InChI is InChI=1S/C14H21N3O3S/c1-9-3-5-14(6-4-9,12(18)19)17-13(20)16-10(2)11-15-7-8-21-11/h7-10H,3-6H2,1-2H3,(H,18,19)(H2,16,17,20). The molecular weight excluding hydrogens is 290 g/mol. The molecule has 0 radical (unpaired) electrons. The minimum Gasteiger partial charge on any atom is -0.480 e. The Morgan fingerprint density at radius 1 is 1.48 bits per heavy atom. The largest absolute Gasteiger partial charge is 0.480 e. The first-order valence-corrected chi connectivity index (χ1v) is 8.02. The number of carboxylic acid groups (broad SMARTS) is 1. The van der Waals surface area contributed by atoms with Gasteiger partial charge in [0.1, 0.15) is 10.5 Å². The molecule has 0 bridgehead atoms. The van der Waals surface area contributed by atoms with Crippen LogP contribution in [0, 0.1) is 5.92 Å². The van der Waals surface area contributed by atoms with Crippen LogP contribution in [0.15, 0.2) is 11.6 Å². The lowest BCUT2D eigenvalue weighted by Gasteiger charge is -2.36. The molecule has 2 rings (SSSR count). The summed E-state index contributed by atoms with van der Waals surface area (Å²) in [4.78, 5) is 27.8. The molecule has 0 aliphatic heterocycles. The second-order valence-corrected chi connectivity index (χ2v) is 6.69. The van der Waals surface area contributed by atoms with E-state index in [9.17, 15) is 14.7 Å². The maximum absolute atomic E-state index is 12.1. The SMILES string of the molecule is CC1CCC(NC(=O)NC(C)c2nccs2)(C(=O)O)CC1. The summed E-state index contributed by atoms with van der Waals surface area (Å²) < 4.78 is 0. The molecule has 1 fully saturated rings. The fourth-order valence-electron chi connectivity index (χ4n) is 2.61. The summed E-state index contributed by atoms with van der Waals surface area (Å²) in [6.45, 7) is 3.94. The van der Waals surface area contributed by atoms with E-state index in [2.05, 4.69) is 22.5 Å². The zero-order valence-corrected chi connectivity index (χ0v) is 13.1. The van der Waals surface area contributed by atoms with Crippen molar-refractivity contribution < 1.29 is 14.7 Å². The van der Waals surface area contributed by atoms with Crippen LogP contribution in [-0.2, 0) is 4.79 Å². The number of nitrogens with one attached hydrogen (secondary N) is 2. The van der Waals surface area contributed by atoms with Crippen molar-refractivity contribution in [1.29, 1.82) is 0 Å². The molecule has 6 nitrogen and oxygen atoms in total. The Hall–Kier alpha value is -1.63. The number of hydrogen-bond donors (Lipinski definition) is 3. The second-order valence-electron chi connectivity index (χ2n) is 5.76. The molecule has 1 aromatic heterocycles. The van der Waals surface area contributed by atoms with E-state index in [0.29, 0.717) is 18.8 Å². The third-order valence-electron chi connectivity index (χ3n) is 4.06. The summed E-state index contributed by atoms with van der Waals surface area (Å²) in [5.74, 6) is -0.442. The molecule has 7 heteroatoms. The Bertz CT molecular complexity index is 496. The molecule has 0 spiro atoms. The van der Waals surface area contributed by atoms with Gasteiger partial charge in [-0.1, -0.05) is 6.92 Å². The van der Waals surface area contributed by atoms with Crippen molar-refractivity contribution in [3.05, 3.63) is 16.6 Å². The Kier molecular flexibility index (Phi) is 4.82. The third kappa shape index (κ3) is 3.72. The second kappa shape index (κ2) is 6.43. The fourth-order valence-corrected chi connectivity index (χ4v) is 3.25. The lowest BCUT2D eigenvalue weighted by molar-refractivity contribution is -0.146.